The van der Waals surface area contributed by atoms with E-state index in [1.165, 1.54) is 4.57 Å². The Hall–Kier alpha value is -2.67. The van der Waals surface area contributed by atoms with Crippen molar-refractivity contribution in [2.24, 2.45) is 0 Å². The Labute approximate surface area is 112 Å². The zero-order chi connectivity index (χ0) is 14.1. The fraction of sp³-hybridized carbons (Fsp3) is 0.154. The van der Waals surface area contributed by atoms with Crippen LogP contribution in [0.1, 0.15) is 0 Å². The highest BCUT2D eigenvalue weighted by molar-refractivity contribution is 5.77. The summed E-state index contributed by atoms with van der Waals surface area (Å²) in [7, 11) is 0. The lowest BCUT2D eigenvalue weighted by atomic mass is 10.2. The molecule has 0 atom stereocenters. The summed E-state index contributed by atoms with van der Waals surface area (Å²) in [6, 6.07) is 5.30. The van der Waals surface area contributed by atoms with Crippen molar-refractivity contribution >= 4 is 11.0 Å². The summed E-state index contributed by atoms with van der Waals surface area (Å²) in [6.07, 6.45) is 5.07. The van der Waals surface area contributed by atoms with Crippen LogP contribution in [0.4, 0.5) is 0 Å². The van der Waals surface area contributed by atoms with Crippen LogP contribution in [0, 0.1) is 0 Å². The molecule has 0 bridgehead atoms. The number of rotatable bonds is 3. The first-order valence-electron chi connectivity index (χ1n) is 6.07. The maximum absolute atomic E-state index is 11.9. The number of benzene rings is 1. The van der Waals surface area contributed by atoms with Crippen molar-refractivity contribution in [1.29, 1.82) is 0 Å². The molecule has 0 fully saturated rings. The Balaban J connectivity index is 2.32. The molecular formula is C13H12N4O3. The summed E-state index contributed by atoms with van der Waals surface area (Å²) in [5.74, 6) is 0. The third-order valence-corrected chi connectivity index (χ3v) is 3.09. The van der Waals surface area contributed by atoms with E-state index in [1.54, 1.807) is 35.4 Å². The second-order valence-electron chi connectivity index (χ2n) is 4.31. The molecule has 20 heavy (non-hydrogen) atoms. The summed E-state index contributed by atoms with van der Waals surface area (Å²) < 4.78 is 3.06. The molecular weight excluding hydrogens is 260 g/mol. The molecule has 0 aliphatic carbocycles. The van der Waals surface area contributed by atoms with Gasteiger partial charge in [-0.2, -0.15) is 0 Å². The topological polar surface area (TPSA) is 92.9 Å². The van der Waals surface area contributed by atoms with Gasteiger partial charge in [-0.1, -0.05) is 0 Å². The Morgan fingerprint density at radius 3 is 2.85 bits per heavy atom. The molecule has 0 amide bonds. The number of nitrogens with zero attached hydrogens (tertiary/aromatic N) is 3. The molecule has 7 heteroatoms. The van der Waals surface area contributed by atoms with E-state index in [1.807, 2.05) is 6.07 Å². The molecule has 2 N–H and O–H groups in total. The van der Waals surface area contributed by atoms with Gasteiger partial charge in [-0.15, -0.1) is 0 Å². The van der Waals surface area contributed by atoms with Crippen molar-refractivity contribution in [2.45, 2.75) is 6.54 Å². The van der Waals surface area contributed by atoms with Gasteiger partial charge in [0.05, 0.1) is 24.0 Å². The van der Waals surface area contributed by atoms with E-state index in [0.29, 0.717) is 11.0 Å². The molecule has 102 valence electrons. The number of imidazole rings is 1. The van der Waals surface area contributed by atoms with Crippen molar-refractivity contribution in [3.63, 3.8) is 0 Å². The molecule has 0 radical (unpaired) electrons. The van der Waals surface area contributed by atoms with Crippen molar-refractivity contribution < 1.29 is 5.11 Å². The van der Waals surface area contributed by atoms with Crippen molar-refractivity contribution in [1.82, 2.24) is 19.1 Å². The van der Waals surface area contributed by atoms with Crippen molar-refractivity contribution in [3.8, 4) is 5.69 Å². The van der Waals surface area contributed by atoms with Crippen LogP contribution in [-0.4, -0.2) is 30.8 Å². The lowest BCUT2D eigenvalue weighted by molar-refractivity contribution is 0.276. The lowest BCUT2D eigenvalue weighted by Crippen LogP contribution is -2.37. The lowest BCUT2D eigenvalue weighted by Gasteiger charge is -2.10. The fourth-order valence-electron chi connectivity index (χ4n) is 2.15. The molecule has 2 heterocycles. The number of hydrogen-bond acceptors (Lipinski definition) is 4. The molecule has 7 nitrogen and oxygen atoms in total. The first kappa shape index (κ1) is 12.4. The second-order valence-corrected chi connectivity index (χ2v) is 4.31. The van der Waals surface area contributed by atoms with Crippen LogP contribution >= 0.6 is 0 Å². The molecule has 0 saturated carbocycles. The highest BCUT2D eigenvalue weighted by Gasteiger charge is 2.08. The monoisotopic (exact) mass is 272 g/mol. The molecule has 1 aromatic carbocycles. The maximum atomic E-state index is 11.9. The van der Waals surface area contributed by atoms with Gasteiger partial charge in [-0.3, -0.25) is 14.2 Å². The molecule has 0 aliphatic rings. The van der Waals surface area contributed by atoms with E-state index in [4.69, 9.17) is 5.11 Å². The molecule has 2 aromatic heterocycles. The zero-order valence-corrected chi connectivity index (χ0v) is 10.5. The number of H-pyrrole nitrogens is 1. The highest BCUT2D eigenvalue weighted by Crippen LogP contribution is 2.14. The van der Waals surface area contributed by atoms with Crippen LogP contribution in [0.25, 0.3) is 16.7 Å². The fourth-order valence-corrected chi connectivity index (χ4v) is 2.15. The summed E-state index contributed by atoms with van der Waals surface area (Å²) in [5, 5.41) is 9.06. The summed E-state index contributed by atoms with van der Waals surface area (Å²) in [5.41, 5.74) is 0.561. The highest BCUT2D eigenvalue weighted by atomic mass is 16.3. The van der Waals surface area contributed by atoms with Gasteiger partial charge < -0.3 is 14.7 Å². The Morgan fingerprint density at radius 1 is 1.30 bits per heavy atom. The minimum Gasteiger partial charge on any atom is -0.395 e. The maximum Gasteiger partial charge on any atom is 0.316 e. The predicted octanol–water partition coefficient (Wildman–Crippen LogP) is -0.132. The molecule has 0 saturated heterocycles. The predicted molar refractivity (Wildman–Crippen MR) is 73.0 cm³/mol. The van der Waals surface area contributed by atoms with Crippen molar-refractivity contribution in [2.75, 3.05) is 6.61 Å². The first-order valence-corrected chi connectivity index (χ1v) is 6.07. The largest absolute Gasteiger partial charge is 0.395 e. The second kappa shape index (κ2) is 4.78. The van der Waals surface area contributed by atoms with Gasteiger partial charge in [-0.05, 0) is 18.2 Å². The van der Waals surface area contributed by atoms with Gasteiger partial charge in [0.1, 0.15) is 0 Å². The quantitative estimate of drug-likeness (QED) is 0.649. The van der Waals surface area contributed by atoms with Gasteiger partial charge in [-0.25, -0.2) is 4.98 Å². The van der Waals surface area contributed by atoms with Crippen LogP contribution in [0.5, 0.6) is 0 Å². The standard InChI is InChI=1S/C13H12N4O3/c18-6-5-17-11-7-9(16-4-3-14-8-16)1-2-10(11)15-12(19)13(17)20/h1-4,7-8,18H,5-6H2,(H,15,19). The van der Waals surface area contributed by atoms with Gasteiger partial charge in [0.25, 0.3) is 0 Å². The minimum atomic E-state index is -0.693. The van der Waals surface area contributed by atoms with Crippen LogP contribution in [0.15, 0.2) is 46.5 Å². The number of hydrogen-bond donors (Lipinski definition) is 2. The first-order chi connectivity index (χ1) is 9.70. The zero-order valence-electron chi connectivity index (χ0n) is 10.5. The van der Waals surface area contributed by atoms with Crippen LogP contribution in [0.2, 0.25) is 0 Å². The number of nitrogens with one attached hydrogen (secondary N) is 1. The SMILES string of the molecule is O=c1[nH]c2ccc(-n3ccnc3)cc2n(CCO)c1=O. The number of aromatic amines is 1. The van der Waals surface area contributed by atoms with Gasteiger partial charge in [0, 0.05) is 24.6 Å². The van der Waals surface area contributed by atoms with E-state index in [2.05, 4.69) is 9.97 Å². The number of aliphatic hydroxyl groups excluding tert-OH is 1. The average molecular weight is 272 g/mol. The van der Waals surface area contributed by atoms with Crippen molar-refractivity contribution in [3.05, 3.63) is 57.6 Å². The number of aliphatic hydroxyl groups is 1. The average Bonchev–Trinajstić information content (AvgIpc) is 2.98. The number of fused-ring (bicyclic) bond motifs is 1. The Kier molecular flexibility index (Phi) is 2.96. The minimum absolute atomic E-state index is 0.0760. The molecule has 3 rings (SSSR count). The van der Waals surface area contributed by atoms with Crippen LogP contribution < -0.4 is 11.1 Å². The smallest absolute Gasteiger partial charge is 0.316 e. The van der Waals surface area contributed by atoms with E-state index in [-0.39, 0.29) is 13.2 Å². The van der Waals surface area contributed by atoms with E-state index in [9.17, 15) is 9.59 Å². The Bertz CT molecular complexity index is 861. The van der Waals surface area contributed by atoms with Crippen LogP contribution in [-0.2, 0) is 6.54 Å². The van der Waals surface area contributed by atoms with Gasteiger partial charge in [0.2, 0.25) is 0 Å². The Morgan fingerprint density at radius 2 is 2.15 bits per heavy atom. The van der Waals surface area contributed by atoms with Gasteiger partial charge >= 0.3 is 11.1 Å². The van der Waals surface area contributed by atoms with Gasteiger partial charge in [0.15, 0.2) is 0 Å². The third kappa shape index (κ3) is 1.94. The normalized spacial score (nSPS) is 11.1. The van der Waals surface area contributed by atoms with Crippen LogP contribution in [0.3, 0.4) is 0 Å². The molecule has 0 spiro atoms. The molecule has 0 unspecified atom stereocenters. The molecule has 3 aromatic rings. The summed E-state index contributed by atoms with van der Waals surface area (Å²) in [4.78, 5) is 29.9. The summed E-state index contributed by atoms with van der Waals surface area (Å²) >= 11 is 0. The van der Waals surface area contributed by atoms with E-state index < -0.39 is 11.1 Å². The number of aromatic nitrogens is 4. The summed E-state index contributed by atoms with van der Waals surface area (Å²) in [6.45, 7) is -0.138. The van der Waals surface area contributed by atoms with E-state index in [0.717, 1.165) is 5.69 Å². The molecule has 0 aliphatic heterocycles. The van der Waals surface area contributed by atoms with E-state index >= 15 is 0 Å². The third-order valence-electron chi connectivity index (χ3n) is 3.09.